The van der Waals surface area contributed by atoms with Crippen LogP contribution in [0.15, 0.2) is 17.2 Å². The predicted octanol–water partition coefficient (Wildman–Crippen LogP) is 1.40. The van der Waals surface area contributed by atoms with Crippen molar-refractivity contribution >= 4 is 5.82 Å². The Morgan fingerprint density at radius 2 is 2.07 bits per heavy atom. The Morgan fingerprint density at radius 3 is 2.67 bits per heavy atom. The zero-order valence-electron chi connectivity index (χ0n) is 9.29. The summed E-state index contributed by atoms with van der Waals surface area (Å²) in [6.45, 7) is 6.39. The standard InChI is InChI=1S/C11H17N3O/c1-11(2)3-7-14(8-4-11)9-10(15)13-6-5-12-9/h5-6H,3-4,7-8H2,1-2H3,(H,13,15). The molecule has 4 heteroatoms. The maximum atomic E-state index is 11.5. The third kappa shape index (κ3) is 2.19. The number of H-pyrrole nitrogens is 1. The van der Waals surface area contributed by atoms with E-state index < -0.39 is 0 Å². The van der Waals surface area contributed by atoms with E-state index in [0.29, 0.717) is 11.2 Å². The Bertz CT molecular complexity index is 387. The van der Waals surface area contributed by atoms with Crippen LogP contribution in [-0.2, 0) is 0 Å². The maximum Gasteiger partial charge on any atom is 0.290 e. The molecular weight excluding hydrogens is 190 g/mol. The summed E-state index contributed by atoms with van der Waals surface area (Å²) in [6.07, 6.45) is 5.43. The normalized spacial score (nSPS) is 20.3. The molecule has 0 amide bonds. The largest absolute Gasteiger partial charge is 0.352 e. The molecule has 82 valence electrons. The summed E-state index contributed by atoms with van der Waals surface area (Å²) < 4.78 is 0. The van der Waals surface area contributed by atoms with Gasteiger partial charge < -0.3 is 9.88 Å². The van der Waals surface area contributed by atoms with E-state index in [1.807, 2.05) is 0 Å². The summed E-state index contributed by atoms with van der Waals surface area (Å²) in [6, 6.07) is 0. The molecule has 0 aliphatic carbocycles. The third-order valence-electron chi connectivity index (χ3n) is 3.11. The molecule has 0 spiro atoms. The van der Waals surface area contributed by atoms with Crippen molar-refractivity contribution in [3.05, 3.63) is 22.7 Å². The first-order valence-electron chi connectivity index (χ1n) is 5.37. The molecule has 0 bridgehead atoms. The second kappa shape index (κ2) is 3.68. The quantitative estimate of drug-likeness (QED) is 0.757. The molecule has 1 saturated heterocycles. The molecule has 0 radical (unpaired) electrons. The molecule has 0 unspecified atom stereocenters. The highest BCUT2D eigenvalue weighted by molar-refractivity contribution is 5.35. The maximum absolute atomic E-state index is 11.5. The van der Waals surface area contributed by atoms with E-state index >= 15 is 0 Å². The van der Waals surface area contributed by atoms with E-state index in [1.54, 1.807) is 12.4 Å². The number of rotatable bonds is 1. The van der Waals surface area contributed by atoms with Crippen molar-refractivity contribution in [2.24, 2.45) is 5.41 Å². The van der Waals surface area contributed by atoms with Crippen molar-refractivity contribution in [3.8, 4) is 0 Å². The van der Waals surface area contributed by atoms with Gasteiger partial charge in [0.1, 0.15) is 0 Å². The molecule has 0 atom stereocenters. The summed E-state index contributed by atoms with van der Waals surface area (Å²) in [5, 5.41) is 0. The molecule has 0 saturated carbocycles. The Hall–Kier alpha value is -1.32. The topological polar surface area (TPSA) is 49.0 Å². The number of aromatic amines is 1. The van der Waals surface area contributed by atoms with Crippen molar-refractivity contribution in [2.75, 3.05) is 18.0 Å². The van der Waals surface area contributed by atoms with E-state index in [2.05, 4.69) is 28.7 Å². The molecule has 4 nitrogen and oxygen atoms in total. The minimum absolute atomic E-state index is 0.0859. The van der Waals surface area contributed by atoms with Gasteiger partial charge in [-0.1, -0.05) is 13.8 Å². The van der Waals surface area contributed by atoms with Gasteiger partial charge in [-0.25, -0.2) is 4.98 Å². The van der Waals surface area contributed by atoms with E-state index in [9.17, 15) is 4.79 Å². The molecule has 0 aromatic carbocycles. The number of hydrogen-bond donors (Lipinski definition) is 1. The Kier molecular flexibility index (Phi) is 2.50. The van der Waals surface area contributed by atoms with Gasteiger partial charge in [0.2, 0.25) is 0 Å². The summed E-state index contributed by atoms with van der Waals surface area (Å²) in [5.41, 5.74) is 0.315. The number of piperidine rings is 1. The van der Waals surface area contributed by atoms with Gasteiger partial charge in [0.25, 0.3) is 5.56 Å². The SMILES string of the molecule is CC1(C)CCN(c2ncc[nH]c2=O)CC1. The van der Waals surface area contributed by atoms with E-state index in [1.165, 1.54) is 0 Å². The summed E-state index contributed by atoms with van der Waals surface area (Å²) in [5.74, 6) is 0.563. The van der Waals surface area contributed by atoms with E-state index in [-0.39, 0.29) is 5.56 Å². The Morgan fingerprint density at radius 1 is 1.40 bits per heavy atom. The predicted molar refractivity (Wildman–Crippen MR) is 60.1 cm³/mol. The summed E-state index contributed by atoms with van der Waals surface area (Å²) in [7, 11) is 0. The van der Waals surface area contributed by atoms with Crippen LogP contribution in [0.4, 0.5) is 5.82 Å². The number of anilines is 1. The van der Waals surface area contributed by atoms with E-state index in [4.69, 9.17) is 0 Å². The van der Waals surface area contributed by atoms with Crippen molar-refractivity contribution in [1.29, 1.82) is 0 Å². The van der Waals surface area contributed by atoms with Crippen LogP contribution in [0.25, 0.3) is 0 Å². The molecule has 15 heavy (non-hydrogen) atoms. The lowest BCUT2D eigenvalue weighted by molar-refractivity contribution is 0.279. The molecule has 1 aromatic rings. The molecule has 2 rings (SSSR count). The molecule has 1 fully saturated rings. The molecule has 1 aromatic heterocycles. The molecular formula is C11H17N3O. The lowest BCUT2D eigenvalue weighted by atomic mass is 9.83. The highest BCUT2D eigenvalue weighted by Gasteiger charge is 2.26. The number of aromatic nitrogens is 2. The lowest BCUT2D eigenvalue weighted by Gasteiger charge is -2.36. The first-order valence-corrected chi connectivity index (χ1v) is 5.37. The zero-order valence-corrected chi connectivity index (χ0v) is 9.29. The van der Waals surface area contributed by atoms with Crippen LogP contribution in [0.2, 0.25) is 0 Å². The van der Waals surface area contributed by atoms with Crippen LogP contribution >= 0.6 is 0 Å². The monoisotopic (exact) mass is 207 g/mol. The average Bonchev–Trinajstić information content (AvgIpc) is 2.19. The lowest BCUT2D eigenvalue weighted by Crippen LogP contribution is -2.40. The van der Waals surface area contributed by atoms with Crippen molar-refractivity contribution in [1.82, 2.24) is 9.97 Å². The van der Waals surface area contributed by atoms with Crippen molar-refractivity contribution in [3.63, 3.8) is 0 Å². The van der Waals surface area contributed by atoms with Crippen LogP contribution < -0.4 is 10.5 Å². The third-order valence-corrected chi connectivity index (χ3v) is 3.11. The minimum atomic E-state index is -0.0859. The van der Waals surface area contributed by atoms with Crippen molar-refractivity contribution in [2.45, 2.75) is 26.7 Å². The van der Waals surface area contributed by atoms with Gasteiger partial charge in [0, 0.05) is 25.5 Å². The average molecular weight is 207 g/mol. The Labute approximate surface area is 89.3 Å². The number of nitrogens with one attached hydrogen (secondary N) is 1. The number of hydrogen-bond acceptors (Lipinski definition) is 3. The van der Waals surface area contributed by atoms with Crippen LogP contribution in [-0.4, -0.2) is 23.1 Å². The highest BCUT2D eigenvalue weighted by Crippen LogP contribution is 2.30. The molecule has 1 aliphatic heterocycles. The van der Waals surface area contributed by atoms with Gasteiger partial charge in [-0.2, -0.15) is 0 Å². The van der Waals surface area contributed by atoms with Gasteiger partial charge in [-0.3, -0.25) is 4.79 Å². The second-order valence-corrected chi connectivity index (χ2v) is 4.89. The summed E-state index contributed by atoms with van der Waals surface area (Å²) >= 11 is 0. The fourth-order valence-corrected chi connectivity index (χ4v) is 1.89. The fourth-order valence-electron chi connectivity index (χ4n) is 1.89. The smallest absolute Gasteiger partial charge is 0.290 e. The van der Waals surface area contributed by atoms with Crippen LogP contribution in [0.3, 0.4) is 0 Å². The van der Waals surface area contributed by atoms with Crippen LogP contribution in [0.5, 0.6) is 0 Å². The van der Waals surface area contributed by atoms with Gasteiger partial charge in [-0.05, 0) is 18.3 Å². The molecule has 1 aliphatic rings. The minimum Gasteiger partial charge on any atom is -0.352 e. The Balaban J connectivity index is 2.15. The van der Waals surface area contributed by atoms with E-state index in [0.717, 1.165) is 25.9 Å². The van der Waals surface area contributed by atoms with Crippen LogP contribution in [0, 0.1) is 5.41 Å². The first kappa shape index (κ1) is 10.2. The zero-order chi connectivity index (χ0) is 10.9. The fraction of sp³-hybridized carbons (Fsp3) is 0.636. The van der Waals surface area contributed by atoms with Gasteiger partial charge in [-0.15, -0.1) is 0 Å². The first-order chi connectivity index (χ1) is 7.08. The van der Waals surface area contributed by atoms with Crippen LogP contribution in [0.1, 0.15) is 26.7 Å². The van der Waals surface area contributed by atoms with Gasteiger partial charge in [0.05, 0.1) is 0 Å². The molecule has 2 heterocycles. The second-order valence-electron chi connectivity index (χ2n) is 4.89. The highest BCUT2D eigenvalue weighted by atomic mass is 16.1. The molecule has 1 N–H and O–H groups in total. The van der Waals surface area contributed by atoms with Gasteiger partial charge in [0.15, 0.2) is 5.82 Å². The summed E-state index contributed by atoms with van der Waals surface area (Å²) in [4.78, 5) is 20.4. The van der Waals surface area contributed by atoms with Crippen molar-refractivity contribution < 1.29 is 0 Å². The van der Waals surface area contributed by atoms with Gasteiger partial charge >= 0.3 is 0 Å². The number of nitrogens with zero attached hydrogens (tertiary/aromatic N) is 2.